The number of hydrogen-bond acceptors (Lipinski definition) is 5. The Labute approximate surface area is 184 Å². The van der Waals surface area contributed by atoms with Crippen LogP contribution in [-0.2, 0) is 6.54 Å². The average molecular weight is 441 g/mol. The fourth-order valence-corrected chi connectivity index (χ4v) is 5.37. The molecule has 2 aliphatic rings. The molecule has 1 fully saturated rings. The van der Waals surface area contributed by atoms with Crippen molar-refractivity contribution in [2.24, 2.45) is 0 Å². The van der Waals surface area contributed by atoms with E-state index in [1.165, 1.54) is 11.3 Å². The number of carbonyl (C=O) groups is 1. The lowest BCUT2D eigenvalue weighted by atomic mass is 10.1. The van der Waals surface area contributed by atoms with Gasteiger partial charge in [0, 0.05) is 34.7 Å². The van der Waals surface area contributed by atoms with E-state index in [0.717, 1.165) is 45.2 Å². The zero-order valence-corrected chi connectivity index (χ0v) is 18.0. The van der Waals surface area contributed by atoms with E-state index in [4.69, 9.17) is 16.3 Å². The molecular weight excluding hydrogens is 420 g/mol. The molecule has 3 heterocycles. The molecule has 30 heavy (non-hydrogen) atoms. The lowest BCUT2D eigenvalue weighted by Gasteiger charge is -2.23. The normalized spacial score (nSPS) is 18.2. The van der Waals surface area contributed by atoms with Crippen molar-refractivity contribution in [1.82, 2.24) is 0 Å². The summed E-state index contributed by atoms with van der Waals surface area (Å²) in [5.74, 6) is 0.730. The molecule has 0 saturated carbocycles. The van der Waals surface area contributed by atoms with E-state index in [1.807, 2.05) is 42.5 Å². The van der Waals surface area contributed by atoms with Crippen LogP contribution in [0, 0.1) is 0 Å². The number of halogens is 1. The van der Waals surface area contributed by atoms with Gasteiger partial charge >= 0.3 is 0 Å². The van der Waals surface area contributed by atoms with Gasteiger partial charge in [-0.15, -0.1) is 11.3 Å². The minimum Gasteiger partial charge on any atom is -0.495 e. The second-order valence-electron chi connectivity index (χ2n) is 7.61. The van der Waals surface area contributed by atoms with Gasteiger partial charge in [-0.1, -0.05) is 23.7 Å². The third-order valence-electron chi connectivity index (χ3n) is 5.68. The molecule has 7 heteroatoms. The summed E-state index contributed by atoms with van der Waals surface area (Å²) in [6, 6.07) is 15.6. The molecule has 1 saturated heterocycles. The highest BCUT2D eigenvalue weighted by atomic mass is 35.5. The summed E-state index contributed by atoms with van der Waals surface area (Å²) in [6.45, 7) is 1.94. The number of anilines is 2. The van der Waals surface area contributed by atoms with Crippen LogP contribution in [0.5, 0.6) is 5.75 Å². The second-order valence-corrected chi connectivity index (χ2v) is 9.10. The Kier molecular flexibility index (Phi) is 4.93. The highest BCUT2D eigenvalue weighted by Gasteiger charge is 2.32. The van der Waals surface area contributed by atoms with Gasteiger partial charge in [0.2, 0.25) is 0 Å². The summed E-state index contributed by atoms with van der Waals surface area (Å²) >= 11 is 7.51. The molecule has 0 bridgehead atoms. The van der Waals surface area contributed by atoms with Crippen molar-refractivity contribution in [3.8, 4) is 16.2 Å². The average Bonchev–Trinajstić information content (AvgIpc) is 3.44. The van der Waals surface area contributed by atoms with Gasteiger partial charge in [0.05, 0.1) is 30.3 Å². The Morgan fingerprint density at radius 1 is 1.17 bits per heavy atom. The summed E-state index contributed by atoms with van der Waals surface area (Å²) in [4.78, 5) is 18.9. The summed E-state index contributed by atoms with van der Waals surface area (Å²) in [7, 11) is 1.64. The van der Waals surface area contributed by atoms with Crippen LogP contribution in [0.2, 0.25) is 5.02 Å². The van der Waals surface area contributed by atoms with Gasteiger partial charge in [-0.25, -0.2) is 0 Å². The van der Waals surface area contributed by atoms with E-state index in [-0.39, 0.29) is 12.0 Å². The van der Waals surface area contributed by atoms with Crippen LogP contribution < -0.4 is 14.5 Å². The largest absolute Gasteiger partial charge is 0.495 e. The molecular formula is C23H21ClN2O3S. The number of nitrogens with zero attached hydrogens (tertiary/aromatic N) is 2. The molecule has 5 rings (SSSR count). The van der Waals surface area contributed by atoms with Crippen LogP contribution in [0.15, 0.2) is 48.5 Å². The van der Waals surface area contributed by atoms with E-state index in [0.29, 0.717) is 23.9 Å². The van der Waals surface area contributed by atoms with Crippen LogP contribution in [0.1, 0.15) is 21.7 Å². The molecule has 3 aromatic rings. The predicted octanol–water partition coefficient (Wildman–Crippen LogP) is 4.81. The smallest absolute Gasteiger partial charge is 0.269 e. The van der Waals surface area contributed by atoms with E-state index in [1.54, 1.807) is 12.0 Å². The standard InChI is InChI=1S/C23H21ClN2O3S/c1-29-20-11-17(6-7-19(20)25-9-8-18(27)13-25)26-12-15-10-21(30-22(15)23(26)28)14-2-4-16(24)5-3-14/h2-7,10-11,18,27H,8-9,12-13H2,1H3. The zero-order valence-electron chi connectivity index (χ0n) is 16.5. The summed E-state index contributed by atoms with van der Waals surface area (Å²) < 4.78 is 5.60. The van der Waals surface area contributed by atoms with Gasteiger partial charge in [0.1, 0.15) is 5.75 Å². The van der Waals surface area contributed by atoms with Crippen LogP contribution in [-0.4, -0.2) is 37.3 Å². The lowest BCUT2D eigenvalue weighted by molar-refractivity contribution is 0.1000. The molecule has 1 unspecified atom stereocenters. The Bertz CT molecular complexity index is 1110. The van der Waals surface area contributed by atoms with Gasteiger partial charge in [-0.2, -0.15) is 0 Å². The minimum absolute atomic E-state index is 0.0154. The molecule has 1 aromatic heterocycles. The number of methoxy groups -OCH3 is 1. The molecule has 1 atom stereocenters. The van der Waals surface area contributed by atoms with E-state index in [9.17, 15) is 9.90 Å². The van der Waals surface area contributed by atoms with Gasteiger partial charge in [-0.3, -0.25) is 4.79 Å². The highest BCUT2D eigenvalue weighted by Crippen LogP contribution is 2.41. The number of β-amino-alcohol motifs (C(OH)–C–C–N with tert-alkyl or cyclic N) is 1. The quantitative estimate of drug-likeness (QED) is 0.632. The minimum atomic E-state index is -0.305. The fourth-order valence-electron chi connectivity index (χ4n) is 4.11. The predicted molar refractivity (Wildman–Crippen MR) is 121 cm³/mol. The monoisotopic (exact) mass is 440 g/mol. The van der Waals surface area contributed by atoms with Crippen molar-refractivity contribution in [2.75, 3.05) is 30.0 Å². The number of rotatable bonds is 4. The topological polar surface area (TPSA) is 53.0 Å². The van der Waals surface area contributed by atoms with Gasteiger partial charge < -0.3 is 19.6 Å². The van der Waals surface area contributed by atoms with Gasteiger partial charge in [0.15, 0.2) is 0 Å². The van der Waals surface area contributed by atoms with E-state index in [2.05, 4.69) is 11.0 Å². The Morgan fingerprint density at radius 3 is 2.63 bits per heavy atom. The molecule has 2 aromatic carbocycles. The first-order chi connectivity index (χ1) is 14.5. The van der Waals surface area contributed by atoms with Gasteiger partial charge in [-0.05, 0) is 47.9 Å². The van der Waals surface area contributed by atoms with Crippen molar-refractivity contribution in [2.45, 2.75) is 19.1 Å². The number of benzene rings is 2. The summed E-state index contributed by atoms with van der Waals surface area (Å²) in [5.41, 5.74) is 3.87. The number of amides is 1. The number of aliphatic hydroxyl groups excluding tert-OH is 1. The number of ether oxygens (including phenoxy) is 1. The SMILES string of the molecule is COc1cc(N2Cc3cc(-c4ccc(Cl)cc4)sc3C2=O)ccc1N1CCC(O)C1. The maximum atomic E-state index is 13.1. The maximum Gasteiger partial charge on any atom is 0.269 e. The molecule has 1 N–H and O–H groups in total. The van der Waals surface area contributed by atoms with Crippen LogP contribution in [0.4, 0.5) is 11.4 Å². The third-order valence-corrected chi connectivity index (χ3v) is 7.15. The Hall–Kier alpha value is -2.54. The molecule has 1 amide bonds. The highest BCUT2D eigenvalue weighted by molar-refractivity contribution is 7.17. The van der Waals surface area contributed by atoms with Gasteiger partial charge in [0.25, 0.3) is 5.91 Å². The number of aliphatic hydroxyl groups is 1. The maximum absolute atomic E-state index is 13.1. The van der Waals surface area contributed by atoms with Crippen LogP contribution in [0.3, 0.4) is 0 Å². The van der Waals surface area contributed by atoms with Crippen LogP contribution in [0.25, 0.3) is 10.4 Å². The van der Waals surface area contributed by atoms with Crippen molar-refractivity contribution in [3.63, 3.8) is 0 Å². The fraction of sp³-hybridized carbons (Fsp3) is 0.261. The first kappa shape index (κ1) is 19.4. The third kappa shape index (κ3) is 3.35. The van der Waals surface area contributed by atoms with Crippen LogP contribution >= 0.6 is 22.9 Å². The number of hydrogen-bond donors (Lipinski definition) is 1. The molecule has 5 nitrogen and oxygen atoms in total. The first-order valence-corrected chi connectivity index (χ1v) is 11.0. The van der Waals surface area contributed by atoms with Crippen molar-refractivity contribution in [3.05, 3.63) is 64.0 Å². The van der Waals surface area contributed by atoms with E-state index >= 15 is 0 Å². The number of fused-ring (bicyclic) bond motifs is 1. The summed E-state index contributed by atoms with van der Waals surface area (Å²) in [5, 5.41) is 10.5. The Balaban J connectivity index is 1.40. The summed E-state index contributed by atoms with van der Waals surface area (Å²) in [6.07, 6.45) is 0.450. The first-order valence-electron chi connectivity index (χ1n) is 9.85. The number of carbonyl (C=O) groups excluding carboxylic acids is 1. The molecule has 2 aliphatic heterocycles. The Morgan fingerprint density at radius 2 is 1.97 bits per heavy atom. The van der Waals surface area contributed by atoms with Crippen molar-refractivity contribution < 1.29 is 14.6 Å². The molecule has 0 spiro atoms. The second kappa shape index (κ2) is 7.61. The van der Waals surface area contributed by atoms with Crippen molar-refractivity contribution in [1.29, 1.82) is 0 Å². The molecule has 0 aliphatic carbocycles. The van der Waals surface area contributed by atoms with E-state index < -0.39 is 0 Å². The number of thiophene rings is 1. The zero-order chi connectivity index (χ0) is 20.8. The van der Waals surface area contributed by atoms with Crippen molar-refractivity contribution >= 4 is 40.2 Å². The molecule has 154 valence electrons. The molecule has 0 radical (unpaired) electrons. The lowest BCUT2D eigenvalue weighted by Crippen LogP contribution is -2.24.